The number of hydrogen-bond acceptors (Lipinski definition) is 4. The number of guanidine groups is 1. The van der Waals surface area contributed by atoms with Crippen molar-refractivity contribution in [3.05, 3.63) is 35.9 Å². The van der Waals surface area contributed by atoms with Gasteiger partial charge in [0.2, 0.25) is 0 Å². The van der Waals surface area contributed by atoms with Crippen LogP contribution in [0.4, 0.5) is 0 Å². The van der Waals surface area contributed by atoms with Crippen molar-refractivity contribution in [3.8, 4) is 0 Å². The van der Waals surface area contributed by atoms with E-state index in [2.05, 4.69) is 27.8 Å². The fraction of sp³-hybridized carbons (Fsp3) is 0.562. The van der Waals surface area contributed by atoms with Crippen LogP contribution < -0.4 is 10.6 Å². The minimum Gasteiger partial charge on any atom is -0.379 e. The molecule has 0 spiro atoms. The first-order valence-electron chi connectivity index (χ1n) is 7.75. The Hall–Kier alpha value is -0.870. The summed E-state index contributed by atoms with van der Waals surface area (Å²) in [6.45, 7) is 2.09. The third-order valence-corrected chi connectivity index (χ3v) is 4.05. The lowest BCUT2D eigenvalue weighted by molar-refractivity contribution is 0.154. The number of benzene rings is 1. The van der Waals surface area contributed by atoms with Crippen LogP contribution in [-0.4, -0.2) is 59.7 Å². The molecular weight excluding hydrogens is 441 g/mol. The summed E-state index contributed by atoms with van der Waals surface area (Å²) in [7, 11) is -1.23. The summed E-state index contributed by atoms with van der Waals surface area (Å²) in [4.78, 5) is 4.13. The normalized spacial score (nSPS) is 11.7. The maximum atomic E-state index is 10.9. The van der Waals surface area contributed by atoms with Crippen LogP contribution in [0.2, 0.25) is 0 Å². The van der Waals surface area contributed by atoms with Gasteiger partial charge in [0.25, 0.3) is 0 Å². The molecule has 0 aliphatic carbocycles. The van der Waals surface area contributed by atoms with Gasteiger partial charge in [0.15, 0.2) is 5.96 Å². The fourth-order valence-electron chi connectivity index (χ4n) is 1.92. The summed E-state index contributed by atoms with van der Waals surface area (Å²) in [6.07, 6.45) is 3.25. The molecule has 0 aliphatic heterocycles. The van der Waals surface area contributed by atoms with E-state index in [-0.39, 0.29) is 36.3 Å². The molecule has 0 bridgehead atoms. The molecule has 24 heavy (non-hydrogen) atoms. The molecule has 6 nitrogen and oxygen atoms in total. The molecule has 0 radical (unpaired) electrons. The molecule has 0 amide bonds. The van der Waals surface area contributed by atoms with Crippen LogP contribution >= 0.6 is 24.0 Å². The summed E-state index contributed by atoms with van der Waals surface area (Å²) < 4.78 is 27.1. The monoisotopic (exact) mass is 469 g/mol. The van der Waals surface area contributed by atoms with E-state index in [0.717, 1.165) is 25.3 Å². The number of aryl methyl sites for hydroxylation is 1. The van der Waals surface area contributed by atoms with E-state index in [1.807, 2.05) is 18.2 Å². The van der Waals surface area contributed by atoms with Crippen LogP contribution in [0.15, 0.2) is 35.3 Å². The summed E-state index contributed by atoms with van der Waals surface area (Å²) in [6, 6.07) is 10.4. The second-order valence-corrected chi connectivity index (χ2v) is 7.52. The molecule has 0 heterocycles. The zero-order valence-corrected chi connectivity index (χ0v) is 17.5. The Balaban J connectivity index is 0.00000529. The van der Waals surface area contributed by atoms with E-state index in [0.29, 0.717) is 13.2 Å². The van der Waals surface area contributed by atoms with Gasteiger partial charge < -0.3 is 15.4 Å². The third kappa shape index (κ3) is 12.5. The van der Waals surface area contributed by atoms with E-state index in [4.69, 9.17) is 4.74 Å². The van der Waals surface area contributed by atoms with Gasteiger partial charge in [-0.25, -0.2) is 8.42 Å². The molecule has 1 rings (SSSR count). The first kappa shape index (κ1) is 23.1. The predicted molar refractivity (Wildman–Crippen MR) is 110 cm³/mol. The molecule has 0 saturated carbocycles. The Kier molecular flexibility index (Phi) is 12.9. The van der Waals surface area contributed by atoms with Crippen molar-refractivity contribution in [2.75, 3.05) is 45.4 Å². The van der Waals surface area contributed by atoms with Crippen molar-refractivity contribution in [3.63, 3.8) is 0 Å². The largest absolute Gasteiger partial charge is 0.379 e. The Morgan fingerprint density at radius 1 is 1.12 bits per heavy atom. The minimum atomic E-state index is -2.95. The topological polar surface area (TPSA) is 79.8 Å². The zero-order valence-electron chi connectivity index (χ0n) is 14.3. The number of aliphatic imine (C=N–C) groups is 1. The average molecular weight is 469 g/mol. The predicted octanol–water partition coefficient (Wildman–Crippen LogP) is 1.46. The molecule has 138 valence electrons. The Morgan fingerprint density at radius 3 is 2.42 bits per heavy atom. The van der Waals surface area contributed by atoms with Crippen LogP contribution in [0.5, 0.6) is 0 Å². The van der Waals surface area contributed by atoms with Crippen molar-refractivity contribution < 1.29 is 13.2 Å². The van der Waals surface area contributed by atoms with Gasteiger partial charge in [-0.15, -0.1) is 24.0 Å². The van der Waals surface area contributed by atoms with Crippen LogP contribution in [-0.2, 0) is 21.0 Å². The van der Waals surface area contributed by atoms with E-state index in [1.165, 1.54) is 11.8 Å². The smallest absolute Gasteiger partial charge is 0.191 e. The standard InChI is InChI=1S/C16H27N3O3S.HI/c1-17-16(19-11-12-22-13-14-23(2,20)21)18-10-6-9-15-7-4-3-5-8-15;/h3-5,7-8H,6,9-14H2,1-2H3,(H2,17,18,19);1H. The lowest BCUT2D eigenvalue weighted by atomic mass is 10.1. The summed E-state index contributed by atoms with van der Waals surface area (Å²) in [5.41, 5.74) is 1.33. The number of ether oxygens (including phenoxy) is 1. The molecule has 0 fully saturated rings. The second kappa shape index (κ2) is 13.4. The SMILES string of the molecule is CN=C(NCCCc1ccccc1)NCCOCCS(C)(=O)=O.I. The third-order valence-electron chi connectivity index (χ3n) is 3.14. The molecular formula is C16H28IN3O3S. The van der Waals surface area contributed by atoms with E-state index >= 15 is 0 Å². The maximum absolute atomic E-state index is 10.9. The number of nitrogens with zero attached hydrogens (tertiary/aromatic N) is 1. The van der Waals surface area contributed by atoms with Gasteiger partial charge in [-0.3, -0.25) is 4.99 Å². The minimum absolute atomic E-state index is 0. The highest BCUT2D eigenvalue weighted by Gasteiger charge is 2.01. The Morgan fingerprint density at radius 2 is 1.79 bits per heavy atom. The van der Waals surface area contributed by atoms with Gasteiger partial charge in [-0.05, 0) is 18.4 Å². The number of sulfone groups is 1. The van der Waals surface area contributed by atoms with Crippen molar-refractivity contribution in [2.45, 2.75) is 12.8 Å². The average Bonchev–Trinajstić information content (AvgIpc) is 2.52. The first-order chi connectivity index (χ1) is 11.0. The van der Waals surface area contributed by atoms with Gasteiger partial charge in [-0.2, -0.15) is 0 Å². The highest BCUT2D eigenvalue weighted by Crippen LogP contribution is 2.01. The lowest BCUT2D eigenvalue weighted by Gasteiger charge is -2.12. The number of rotatable bonds is 10. The molecule has 8 heteroatoms. The molecule has 0 atom stereocenters. The van der Waals surface area contributed by atoms with Crippen molar-refractivity contribution in [2.24, 2.45) is 4.99 Å². The summed E-state index contributed by atoms with van der Waals surface area (Å²) in [5.74, 6) is 0.782. The van der Waals surface area contributed by atoms with E-state index in [9.17, 15) is 8.42 Å². The van der Waals surface area contributed by atoms with Gasteiger partial charge in [0, 0.05) is 26.4 Å². The Labute approximate surface area is 162 Å². The zero-order chi connectivity index (χ0) is 17.0. The molecule has 1 aromatic carbocycles. The second-order valence-electron chi connectivity index (χ2n) is 5.26. The van der Waals surface area contributed by atoms with Crippen molar-refractivity contribution in [1.29, 1.82) is 0 Å². The molecule has 0 aliphatic rings. The number of hydrogen-bond donors (Lipinski definition) is 2. The van der Waals surface area contributed by atoms with Crippen LogP contribution in [0.1, 0.15) is 12.0 Å². The highest BCUT2D eigenvalue weighted by atomic mass is 127. The first-order valence-corrected chi connectivity index (χ1v) is 9.81. The van der Waals surface area contributed by atoms with E-state index in [1.54, 1.807) is 7.05 Å². The van der Waals surface area contributed by atoms with E-state index < -0.39 is 9.84 Å². The van der Waals surface area contributed by atoms with Crippen molar-refractivity contribution in [1.82, 2.24) is 10.6 Å². The molecule has 2 N–H and O–H groups in total. The van der Waals surface area contributed by atoms with Crippen molar-refractivity contribution >= 4 is 39.8 Å². The summed E-state index contributed by atoms with van der Waals surface area (Å²) >= 11 is 0. The fourth-order valence-corrected chi connectivity index (χ4v) is 2.34. The molecule has 0 unspecified atom stereocenters. The van der Waals surface area contributed by atoms with Gasteiger partial charge >= 0.3 is 0 Å². The lowest BCUT2D eigenvalue weighted by Crippen LogP contribution is -2.39. The van der Waals surface area contributed by atoms with Gasteiger partial charge in [-0.1, -0.05) is 30.3 Å². The Bertz CT molecular complexity index is 565. The van der Waals surface area contributed by atoms with Crippen LogP contribution in [0, 0.1) is 0 Å². The maximum Gasteiger partial charge on any atom is 0.191 e. The summed E-state index contributed by atoms with van der Waals surface area (Å²) in [5, 5.41) is 6.37. The van der Waals surface area contributed by atoms with Crippen LogP contribution in [0.25, 0.3) is 0 Å². The highest BCUT2D eigenvalue weighted by molar-refractivity contribution is 14.0. The molecule has 0 saturated heterocycles. The van der Waals surface area contributed by atoms with Gasteiger partial charge in [0.05, 0.1) is 19.0 Å². The van der Waals surface area contributed by atoms with Gasteiger partial charge in [0.1, 0.15) is 9.84 Å². The molecule has 0 aromatic heterocycles. The number of nitrogens with one attached hydrogen (secondary N) is 2. The quantitative estimate of drug-likeness (QED) is 0.235. The number of halogens is 1. The molecule has 1 aromatic rings. The van der Waals surface area contributed by atoms with Crippen LogP contribution in [0.3, 0.4) is 0 Å².